The maximum atomic E-state index is 13.8. The summed E-state index contributed by atoms with van der Waals surface area (Å²) in [6.45, 7) is 1.16. The molecule has 2 fully saturated rings. The molecule has 1 amide bonds. The van der Waals surface area contributed by atoms with Crippen LogP contribution in [0.25, 0.3) is 0 Å². The summed E-state index contributed by atoms with van der Waals surface area (Å²) in [6.07, 6.45) is 3.24. The molecule has 1 unspecified atom stereocenters. The molecule has 5 nitrogen and oxygen atoms in total. The number of anilines is 1. The van der Waals surface area contributed by atoms with E-state index in [9.17, 15) is 18.0 Å². The van der Waals surface area contributed by atoms with Crippen LogP contribution in [0.3, 0.4) is 0 Å². The van der Waals surface area contributed by atoms with Gasteiger partial charge < -0.3 is 9.80 Å². The molecule has 0 saturated carbocycles. The van der Waals surface area contributed by atoms with Crippen LogP contribution in [-0.4, -0.2) is 52.9 Å². The highest BCUT2D eigenvalue weighted by Crippen LogP contribution is 2.30. The second kappa shape index (κ2) is 6.33. The molecule has 0 radical (unpaired) electrons. The quantitative estimate of drug-likeness (QED) is 0.834. The number of amides is 1. The third-order valence-electron chi connectivity index (χ3n) is 4.52. The number of hydrogen-bond acceptors (Lipinski definition) is 4. The van der Waals surface area contributed by atoms with E-state index in [2.05, 4.69) is 9.97 Å². The van der Waals surface area contributed by atoms with E-state index >= 15 is 0 Å². The minimum atomic E-state index is -2.67. The second-order valence-corrected chi connectivity index (χ2v) is 6.16. The van der Waals surface area contributed by atoms with Crippen molar-refractivity contribution >= 4 is 11.7 Å². The van der Waals surface area contributed by atoms with E-state index < -0.39 is 11.7 Å². The molecule has 1 aromatic heterocycles. The lowest BCUT2D eigenvalue weighted by atomic mass is 9.95. The molecule has 3 rings (SSSR count). The van der Waals surface area contributed by atoms with Gasteiger partial charge in [0.05, 0.1) is 12.1 Å². The van der Waals surface area contributed by atoms with E-state index in [0.717, 1.165) is 12.6 Å². The van der Waals surface area contributed by atoms with Gasteiger partial charge in [0.2, 0.25) is 5.91 Å². The van der Waals surface area contributed by atoms with E-state index in [-0.39, 0.29) is 43.6 Å². The van der Waals surface area contributed by atoms with Gasteiger partial charge in [-0.15, -0.1) is 0 Å². The first-order valence-electron chi connectivity index (χ1n) is 7.83. The number of hydrogen-bond donors (Lipinski definition) is 0. The van der Waals surface area contributed by atoms with Crippen LogP contribution in [0.2, 0.25) is 0 Å². The zero-order chi connectivity index (χ0) is 16.4. The van der Waals surface area contributed by atoms with E-state index in [4.69, 9.17) is 0 Å². The topological polar surface area (TPSA) is 49.3 Å². The number of carbonyl (C=O) groups is 1. The van der Waals surface area contributed by atoms with Crippen molar-refractivity contribution < 1.29 is 18.0 Å². The lowest BCUT2D eigenvalue weighted by Gasteiger charge is -2.38. The van der Waals surface area contributed by atoms with Gasteiger partial charge in [0.15, 0.2) is 11.6 Å². The second-order valence-electron chi connectivity index (χ2n) is 6.16. The third kappa shape index (κ3) is 3.56. The summed E-state index contributed by atoms with van der Waals surface area (Å²) in [6, 6.07) is 0. The number of piperidine rings is 2. The zero-order valence-electron chi connectivity index (χ0n) is 12.7. The van der Waals surface area contributed by atoms with Gasteiger partial charge in [-0.05, 0) is 12.8 Å². The van der Waals surface area contributed by atoms with Gasteiger partial charge in [0.1, 0.15) is 6.33 Å². The van der Waals surface area contributed by atoms with Crippen molar-refractivity contribution in [2.24, 2.45) is 5.92 Å². The van der Waals surface area contributed by atoms with Gasteiger partial charge in [-0.1, -0.05) is 0 Å². The maximum absolute atomic E-state index is 13.8. The lowest BCUT2D eigenvalue weighted by molar-refractivity contribution is -0.141. The Labute approximate surface area is 132 Å². The maximum Gasteiger partial charge on any atom is 0.251 e. The first kappa shape index (κ1) is 16.0. The molecule has 0 spiro atoms. The van der Waals surface area contributed by atoms with Gasteiger partial charge in [0, 0.05) is 39.0 Å². The number of carbonyl (C=O) groups excluding carboxylic acids is 1. The predicted octanol–water partition coefficient (Wildman–Crippen LogP) is 2.09. The molecular formula is C15H19F3N4O. The van der Waals surface area contributed by atoms with Gasteiger partial charge in [-0.25, -0.2) is 23.1 Å². The van der Waals surface area contributed by atoms with E-state index in [1.165, 1.54) is 11.2 Å². The minimum Gasteiger partial charge on any atom is -0.353 e. The van der Waals surface area contributed by atoms with Crippen LogP contribution in [0, 0.1) is 11.7 Å². The number of likely N-dealkylation sites (tertiary alicyclic amines) is 1. The van der Waals surface area contributed by atoms with E-state index in [1.54, 1.807) is 4.90 Å². The Morgan fingerprint density at radius 1 is 1.26 bits per heavy atom. The summed E-state index contributed by atoms with van der Waals surface area (Å²) in [5.74, 6) is -3.40. The van der Waals surface area contributed by atoms with Crippen molar-refractivity contribution in [2.75, 3.05) is 31.1 Å². The Morgan fingerprint density at radius 2 is 2.00 bits per heavy atom. The molecule has 2 aliphatic rings. The molecule has 0 aromatic carbocycles. The largest absolute Gasteiger partial charge is 0.353 e. The molecule has 1 atom stereocenters. The minimum absolute atomic E-state index is 0.0875. The molecule has 0 N–H and O–H groups in total. The van der Waals surface area contributed by atoms with Gasteiger partial charge >= 0.3 is 0 Å². The fourth-order valence-corrected chi connectivity index (χ4v) is 3.22. The predicted molar refractivity (Wildman–Crippen MR) is 77.7 cm³/mol. The standard InChI is InChI=1S/C15H19F3N4O/c16-12-8-19-10-20-13(12)22-5-1-2-11(9-22)14(23)21-6-3-15(17,18)4-7-21/h8,10-11H,1-7,9H2. The van der Waals surface area contributed by atoms with Crippen LogP contribution >= 0.6 is 0 Å². The highest BCUT2D eigenvalue weighted by atomic mass is 19.3. The molecule has 8 heteroatoms. The zero-order valence-corrected chi connectivity index (χ0v) is 12.7. The molecule has 3 heterocycles. The van der Waals surface area contributed by atoms with E-state index in [0.29, 0.717) is 19.5 Å². The summed E-state index contributed by atoms with van der Waals surface area (Å²) in [4.78, 5) is 23.4. The van der Waals surface area contributed by atoms with Gasteiger partial charge in [-0.3, -0.25) is 4.79 Å². The van der Waals surface area contributed by atoms with Crippen LogP contribution < -0.4 is 4.90 Å². The van der Waals surface area contributed by atoms with Crippen LogP contribution in [0.1, 0.15) is 25.7 Å². The third-order valence-corrected chi connectivity index (χ3v) is 4.52. The number of aromatic nitrogens is 2. The molecule has 126 valence electrons. The summed E-state index contributed by atoms with van der Waals surface area (Å²) in [5, 5.41) is 0. The Kier molecular flexibility index (Phi) is 4.41. The highest BCUT2D eigenvalue weighted by molar-refractivity contribution is 5.80. The highest BCUT2D eigenvalue weighted by Gasteiger charge is 2.38. The summed E-state index contributed by atoms with van der Waals surface area (Å²) < 4.78 is 40.2. The number of alkyl halides is 2. The van der Waals surface area contributed by atoms with Crippen molar-refractivity contribution in [2.45, 2.75) is 31.6 Å². The Morgan fingerprint density at radius 3 is 2.70 bits per heavy atom. The van der Waals surface area contributed by atoms with Crippen LogP contribution in [0.5, 0.6) is 0 Å². The average Bonchev–Trinajstić information content (AvgIpc) is 2.55. The fraction of sp³-hybridized carbons (Fsp3) is 0.667. The van der Waals surface area contributed by atoms with E-state index in [1.807, 2.05) is 0 Å². The van der Waals surface area contributed by atoms with Crippen molar-refractivity contribution in [3.63, 3.8) is 0 Å². The summed E-state index contributed by atoms with van der Waals surface area (Å²) >= 11 is 0. The first-order chi connectivity index (χ1) is 11.0. The van der Waals surface area contributed by atoms with Crippen molar-refractivity contribution in [1.82, 2.24) is 14.9 Å². The van der Waals surface area contributed by atoms with Gasteiger partial charge in [0.25, 0.3) is 5.92 Å². The molecule has 0 aliphatic carbocycles. The number of rotatable bonds is 2. The smallest absolute Gasteiger partial charge is 0.251 e. The Hall–Kier alpha value is -1.86. The monoisotopic (exact) mass is 328 g/mol. The lowest BCUT2D eigenvalue weighted by Crippen LogP contribution is -2.49. The molecule has 1 aromatic rings. The summed E-state index contributed by atoms with van der Waals surface area (Å²) in [7, 11) is 0. The SMILES string of the molecule is O=C(C1CCCN(c2ncncc2F)C1)N1CCC(F)(F)CC1. The van der Waals surface area contributed by atoms with Gasteiger partial charge in [-0.2, -0.15) is 0 Å². The van der Waals surface area contributed by atoms with Crippen LogP contribution in [0.4, 0.5) is 19.0 Å². The van der Waals surface area contributed by atoms with Crippen LogP contribution in [0.15, 0.2) is 12.5 Å². The fourth-order valence-electron chi connectivity index (χ4n) is 3.22. The normalized spacial score (nSPS) is 24.6. The van der Waals surface area contributed by atoms with Crippen molar-refractivity contribution in [3.05, 3.63) is 18.3 Å². The molecule has 23 heavy (non-hydrogen) atoms. The molecule has 2 saturated heterocycles. The Bertz CT molecular complexity index is 574. The van der Waals surface area contributed by atoms with Crippen LogP contribution in [-0.2, 0) is 4.79 Å². The Balaban J connectivity index is 1.65. The van der Waals surface area contributed by atoms with Crippen molar-refractivity contribution in [1.29, 1.82) is 0 Å². The van der Waals surface area contributed by atoms with Crippen molar-refractivity contribution in [3.8, 4) is 0 Å². The number of halogens is 3. The number of nitrogens with zero attached hydrogens (tertiary/aromatic N) is 4. The summed E-state index contributed by atoms with van der Waals surface area (Å²) in [5.41, 5.74) is 0. The average molecular weight is 328 g/mol. The molecule has 2 aliphatic heterocycles. The first-order valence-corrected chi connectivity index (χ1v) is 7.83. The molecule has 0 bridgehead atoms. The molecular weight excluding hydrogens is 309 g/mol.